The molecule has 0 saturated carbocycles. The second-order valence-corrected chi connectivity index (χ2v) is 2.72. The lowest BCUT2D eigenvalue weighted by Gasteiger charge is -2.23. The molecule has 0 saturated heterocycles. The molecule has 0 aliphatic carbocycles. The van der Waals surface area contributed by atoms with Crippen LogP contribution in [0.15, 0.2) is 30.5 Å². The number of hydrogen-bond donors (Lipinski definition) is 1. The number of para-hydroxylation sites is 1. The molecule has 0 spiro atoms. The zero-order chi connectivity index (χ0) is 8.55. The average molecular weight is 162 g/mol. The second kappa shape index (κ2) is 2.44. The van der Waals surface area contributed by atoms with Crippen molar-refractivity contribution in [2.24, 2.45) is 5.73 Å². The molecule has 0 fully saturated rings. The zero-order valence-electron chi connectivity index (χ0n) is 6.82. The molecule has 1 heterocycles. The molecule has 0 bridgehead atoms. The minimum Gasteiger partial charge on any atom is -0.397 e. The minimum absolute atomic E-state index is 0.736. The van der Waals surface area contributed by atoms with E-state index in [2.05, 4.69) is 0 Å². The Hall–Kier alpha value is -1.64. The van der Waals surface area contributed by atoms with Crippen LogP contribution in [0.5, 0.6) is 5.75 Å². The Labute approximate surface area is 71.0 Å². The first-order valence-electron chi connectivity index (χ1n) is 3.75. The number of fused-ring (bicyclic) bond motifs is 1. The lowest BCUT2D eigenvalue weighted by molar-refractivity contribution is 0.0178. The number of hydrogen-bond acceptors (Lipinski definition) is 3. The molecule has 3 heteroatoms. The fourth-order valence-electron chi connectivity index (χ4n) is 1.23. The van der Waals surface area contributed by atoms with Crippen molar-refractivity contribution in [2.75, 3.05) is 7.05 Å². The summed E-state index contributed by atoms with van der Waals surface area (Å²) in [6.07, 6.45) is 1.75. The van der Waals surface area contributed by atoms with Gasteiger partial charge in [0.2, 0.25) is 0 Å². The first kappa shape index (κ1) is 7.03. The first-order valence-corrected chi connectivity index (χ1v) is 3.75. The van der Waals surface area contributed by atoms with Crippen LogP contribution in [0.4, 0.5) is 0 Å². The van der Waals surface area contributed by atoms with Crippen molar-refractivity contribution in [3.8, 4) is 5.75 Å². The molecule has 62 valence electrons. The predicted molar refractivity (Wildman–Crippen MR) is 47.0 cm³/mol. The van der Waals surface area contributed by atoms with E-state index in [0.717, 1.165) is 17.0 Å². The topological polar surface area (TPSA) is 38.5 Å². The molecule has 3 nitrogen and oxygen atoms in total. The van der Waals surface area contributed by atoms with E-state index in [9.17, 15) is 0 Å². The molecule has 2 rings (SSSR count). The summed E-state index contributed by atoms with van der Waals surface area (Å²) in [7, 11) is 1.81. The Kier molecular flexibility index (Phi) is 1.43. The van der Waals surface area contributed by atoms with Crippen LogP contribution in [0.25, 0.3) is 5.70 Å². The third-order valence-electron chi connectivity index (χ3n) is 1.76. The van der Waals surface area contributed by atoms with E-state index in [4.69, 9.17) is 10.6 Å². The Morgan fingerprint density at radius 1 is 1.33 bits per heavy atom. The van der Waals surface area contributed by atoms with Gasteiger partial charge in [-0.25, -0.2) is 5.06 Å². The van der Waals surface area contributed by atoms with Gasteiger partial charge in [0, 0.05) is 12.6 Å². The molecule has 0 unspecified atom stereocenters. The van der Waals surface area contributed by atoms with Gasteiger partial charge in [0.1, 0.15) is 0 Å². The highest BCUT2D eigenvalue weighted by Crippen LogP contribution is 2.27. The SMILES string of the molecule is CN1C=C(N)c2ccccc2O1. The largest absolute Gasteiger partial charge is 0.397 e. The van der Waals surface area contributed by atoms with Crippen LogP contribution in [-0.2, 0) is 0 Å². The van der Waals surface area contributed by atoms with E-state index in [0.29, 0.717) is 0 Å². The Morgan fingerprint density at radius 3 is 2.92 bits per heavy atom. The van der Waals surface area contributed by atoms with Gasteiger partial charge in [0.05, 0.1) is 11.9 Å². The molecule has 0 atom stereocenters. The molecule has 0 amide bonds. The van der Waals surface area contributed by atoms with Gasteiger partial charge >= 0.3 is 0 Å². The van der Waals surface area contributed by atoms with Crippen molar-refractivity contribution in [2.45, 2.75) is 0 Å². The third-order valence-corrected chi connectivity index (χ3v) is 1.76. The van der Waals surface area contributed by atoms with Crippen molar-refractivity contribution in [1.82, 2.24) is 5.06 Å². The van der Waals surface area contributed by atoms with Crippen LogP contribution < -0.4 is 10.6 Å². The molecule has 0 radical (unpaired) electrons. The van der Waals surface area contributed by atoms with E-state index in [1.165, 1.54) is 0 Å². The number of hydroxylamine groups is 2. The minimum atomic E-state index is 0.736. The Bertz CT molecular complexity index is 333. The van der Waals surface area contributed by atoms with Crippen molar-refractivity contribution in [1.29, 1.82) is 0 Å². The summed E-state index contributed by atoms with van der Waals surface area (Å²) in [6.45, 7) is 0. The maximum Gasteiger partial charge on any atom is 0.164 e. The summed E-state index contributed by atoms with van der Waals surface area (Å²) in [5.74, 6) is 0.806. The van der Waals surface area contributed by atoms with Gasteiger partial charge in [-0.05, 0) is 12.1 Å². The third kappa shape index (κ3) is 0.993. The molecule has 1 aliphatic heterocycles. The van der Waals surface area contributed by atoms with Crippen molar-refractivity contribution in [3.05, 3.63) is 36.0 Å². The summed E-state index contributed by atoms with van der Waals surface area (Å²) < 4.78 is 0. The predicted octanol–water partition coefficient (Wildman–Crippen LogP) is 1.18. The van der Waals surface area contributed by atoms with Crippen LogP contribution >= 0.6 is 0 Å². The molecule has 2 N–H and O–H groups in total. The van der Waals surface area contributed by atoms with Gasteiger partial charge < -0.3 is 10.6 Å². The van der Waals surface area contributed by atoms with Crippen molar-refractivity contribution >= 4 is 5.70 Å². The van der Waals surface area contributed by atoms with Crippen LogP contribution in [-0.4, -0.2) is 12.1 Å². The summed E-state index contributed by atoms with van der Waals surface area (Å²) in [4.78, 5) is 5.38. The fourth-order valence-corrected chi connectivity index (χ4v) is 1.23. The van der Waals surface area contributed by atoms with Gasteiger partial charge in [-0.2, -0.15) is 0 Å². The highest BCUT2D eigenvalue weighted by Gasteiger charge is 2.12. The van der Waals surface area contributed by atoms with Gasteiger partial charge in [0.25, 0.3) is 0 Å². The van der Waals surface area contributed by atoms with Gasteiger partial charge in [-0.15, -0.1) is 0 Å². The monoisotopic (exact) mass is 162 g/mol. The van der Waals surface area contributed by atoms with E-state index >= 15 is 0 Å². The quantitative estimate of drug-likeness (QED) is 0.622. The molecule has 12 heavy (non-hydrogen) atoms. The molecule has 1 aromatic rings. The van der Waals surface area contributed by atoms with E-state index in [1.54, 1.807) is 11.3 Å². The standard InChI is InChI=1S/C9H10N2O/c1-11-6-8(10)7-4-2-3-5-9(7)12-11/h2-6H,10H2,1H3. The number of nitrogens with two attached hydrogens (primary N) is 1. The highest BCUT2D eigenvalue weighted by atomic mass is 16.7. The van der Waals surface area contributed by atoms with Gasteiger partial charge in [-0.1, -0.05) is 12.1 Å². The summed E-state index contributed by atoms with van der Waals surface area (Å²) in [5.41, 5.74) is 7.47. The van der Waals surface area contributed by atoms with Crippen LogP contribution in [0.2, 0.25) is 0 Å². The van der Waals surface area contributed by atoms with E-state index in [1.807, 2.05) is 31.3 Å². The highest BCUT2D eigenvalue weighted by molar-refractivity contribution is 5.68. The van der Waals surface area contributed by atoms with Crippen LogP contribution in [0.3, 0.4) is 0 Å². The van der Waals surface area contributed by atoms with Crippen molar-refractivity contribution < 1.29 is 4.84 Å². The molecule has 1 aromatic carbocycles. The normalized spacial score (nSPS) is 14.8. The summed E-state index contributed by atoms with van der Waals surface area (Å²) in [6, 6.07) is 7.69. The number of benzene rings is 1. The summed E-state index contributed by atoms with van der Waals surface area (Å²) >= 11 is 0. The zero-order valence-corrected chi connectivity index (χ0v) is 6.82. The van der Waals surface area contributed by atoms with Gasteiger partial charge in [0.15, 0.2) is 5.75 Å². The second-order valence-electron chi connectivity index (χ2n) is 2.72. The summed E-state index contributed by atoms with van der Waals surface area (Å²) in [5, 5.41) is 1.59. The molecular weight excluding hydrogens is 152 g/mol. The number of nitrogens with zero attached hydrogens (tertiary/aromatic N) is 1. The Morgan fingerprint density at radius 2 is 2.08 bits per heavy atom. The fraction of sp³-hybridized carbons (Fsp3) is 0.111. The first-order chi connectivity index (χ1) is 5.77. The van der Waals surface area contributed by atoms with E-state index < -0.39 is 0 Å². The van der Waals surface area contributed by atoms with Crippen LogP contribution in [0, 0.1) is 0 Å². The van der Waals surface area contributed by atoms with Crippen molar-refractivity contribution in [3.63, 3.8) is 0 Å². The van der Waals surface area contributed by atoms with E-state index in [-0.39, 0.29) is 0 Å². The Balaban J connectivity index is 2.53. The lowest BCUT2D eigenvalue weighted by atomic mass is 10.1. The lowest BCUT2D eigenvalue weighted by Crippen LogP contribution is -2.22. The van der Waals surface area contributed by atoms with Crippen LogP contribution in [0.1, 0.15) is 5.56 Å². The van der Waals surface area contributed by atoms with Gasteiger partial charge in [-0.3, -0.25) is 0 Å². The molecule has 0 aromatic heterocycles. The molecular formula is C9H10N2O. The smallest absolute Gasteiger partial charge is 0.164 e. The molecule has 1 aliphatic rings. The maximum atomic E-state index is 5.78. The number of rotatable bonds is 0. The average Bonchev–Trinajstić information content (AvgIpc) is 2.04. The maximum absolute atomic E-state index is 5.78.